The van der Waals surface area contributed by atoms with E-state index in [4.69, 9.17) is 4.74 Å². The SMILES string of the molecule is COc1ccc(C(=O)N[C@H](C)c2ccc(C)cc2)cc1F. The van der Waals surface area contributed by atoms with Crippen LogP contribution >= 0.6 is 0 Å². The van der Waals surface area contributed by atoms with Crippen molar-refractivity contribution in [2.45, 2.75) is 19.9 Å². The lowest BCUT2D eigenvalue weighted by Crippen LogP contribution is -2.26. The average molecular weight is 287 g/mol. The van der Waals surface area contributed by atoms with E-state index in [1.165, 1.54) is 19.2 Å². The van der Waals surface area contributed by atoms with Gasteiger partial charge in [-0.3, -0.25) is 4.79 Å². The molecule has 21 heavy (non-hydrogen) atoms. The van der Waals surface area contributed by atoms with Crippen molar-refractivity contribution in [3.05, 3.63) is 65.0 Å². The zero-order valence-electron chi connectivity index (χ0n) is 12.3. The van der Waals surface area contributed by atoms with Crippen molar-refractivity contribution >= 4 is 5.91 Å². The number of halogens is 1. The van der Waals surface area contributed by atoms with E-state index in [1.54, 1.807) is 6.07 Å². The first-order valence-electron chi connectivity index (χ1n) is 6.72. The van der Waals surface area contributed by atoms with Gasteiger partial charge in [0.05, 0.1) is 13.2 Å². The second kappa shape index (κ2) is 6.39. The minimum absolute atomic E-state index is 0.123. The van der Waals surface area contributed by atoms with Crippen molar-refractivity contribution in [3.63, 3.8) is 0 Å². The maximum absolute atomic E-state index is 13.6. The van der Waals surface area contributed by atoms with Crippen molar-refractivity contribution in [2.24, 2.45) is 0 Å². The standard InChI is InChI=1S/C17H18FNO2/c1-11-4-6-13(7-5-11)12(2)19-17(20)14-8-9-16(21-3)15(18)10-14/h4-10,12H,1-3H3,(H,19,20)/t12-/m1/s1. The fourth-order valence-corrected chi connectivity index (χ4v) is 2.03. The number of carbonyl (C=O) groups is 1. The first-order chi connectivity index (χ1) is 10.0. The third kappa shape index (κ3) is 3.60. The van der Waals surface area contributed by atoms with Crippen molar-refractivity contribution in [1.82, 2.24) is 5.32 Å². The number of benzene rings is 2. The smallest absolute Gasteiger partial charge is 0.251 e. The van der Waals surface area contributed by atoms with Crippen molar-refractivity contribution < 1.29 is 13.9 Å². The van der Waals surface area contributed by atoms with Gasteiger partial charge in [0.15, 0.2) is 11.6 Å². The fraction of sp³-hybridized carbons (Fsp3) is 0.235. The predicted octanol–water partition coefficient (Wildman–Crippen LogP) is 3.63. The Kier molecular flexibility index (Phi) is 4.58. The molecular weight excluding hydrogens is 269 g/mol. The molecule has 0 radical (unpaired) electrons. The van der Waals surface area contributed by atoms with E-state index in [0.717, 1.165) is 11.1 Å². The Morgan fingerprint density at radius 3 is 2.43 bits per heavy atom. The summed E-state index contributed by atoms with van der Waals surface area (Å²) in [6.45, 7) is 3.90. The van der Waals surface area contributed by atoms with E-state index in [2.05, 4.69) is 5.32 Å². The molecule has 0 unspecified atom stereocenters. The number of nitrogens with one attached hydrogen (secondary N) is 1. The maximum Gasteiger partial charge on any atom is 0.251 e. The molecule has 0 aromatic heterocycles. The molecule has 0 saturated heterocycles. The van der Waals surface area contributed by atoms with Crippen LogP contribution in [0.15, 0.2) is 42.5 Å². The molecule has 110 valence electrons. The van der Waals surface area contributed by atoms with Crippen LogP contribution < -0.4 is 10.1 Å². The van der Waals surface area contributed by atoms with Crippen molar-refractivity contribution in [2.75, 3.05) is 7.11 Å². The monoisotopic (exact) mass is 287 g/mol. The molecule has 3 nitrogen and oxygen atoms in total. The summed E-state index contributed by atoms with van der Waals surface area (Å²) in [5, 5.41) is 2.85. The molecule has 1 N–H and O–H groups in total. The van der Waals surface area contributed by atoms with Gasteiger partial charge in [0.1, 0.15) is 0 Å². The van der Waals surface area contributed by atoms with Crippen LogP contribution in [-0.4, -0.2) is 13.0 Å². The van der Waals surface area contributed by atoms with Gasteiger partial charge in [0, 0.05) is 5.56 Å². The molecule has 2 rings (SSSR count). The normalized spacial score (nSPS) is 11.8. The number of rotatable bonds is 4. The zero-order chi connectivity index (χ0) is 15.4. The van der Waals surface area contributed by atoms with E-state index < -0.39 is 5.82 Å². The largest absolute Gasteiger partial charge is 0.494 e. The number of amides is 1. The van der Waals surface area contributed by atoms with Gasteiger partial charge in [-0.15, -0.1) is 0 Å². The molecule has 2 aromatic carbocycles. The molecule has 4 heteroatoms. The summed E-state index contributed by atoms with van der Waals surface area (Å²) in [5.74, 6) is -0.740. The third-order valence-corrected chi connectivity index (χ3v) is 3.34. The van der Waals surface area contributed by atoms with Gasteiger partial charge < -0.3 is 10.1 Å². The lowest BCUT2D eigenvalue weighted by atomic mass is 10.1. The summed E-state index contributed by atoms with van der Waals surface area (Å²) in [6.07, 6.45) is 0. The van der Waals surface area contributed by atoms with Crippen LogP contribution in [0.2, 0.25) is 0 Å². The Balaban J connectivity index is 2.10. The summed E-state index contributed by atoms with van der Waals surface area (Å²) in [6, 6.07) is 11.9. The van der Waals surface area contributed by atoms with E-state index in [9.17, 15) is 9.18 Å². The van der Waals surface area contributed by atoms with Gasteiger partial charge in [0.2, 0.25) is 0 Å². The number of hydrogen-bond donors (Lipinski definition) is 1. The molecule has 0 spiro atoms. The van der Waals surface area contributed by atoms with Gasteiger partial charge >= 0.3 is 0 Å². The van der Waals surface area contributed by atoms with Gasteiger partial charge in [-0.2, -0.15) is 0 Å². The average Bonchev–Trinajstić information content (AvgIpc) is 2.47. The summed E-state index contributed by atoms with van der Waals surface area (Å²) in [7, 11) is 1.39. The summed E-state index contributed by atoms with van der Waals surface area (Å²) < 4.78 is 18.4. The summed E-state index contributed by atoms with van der Waals surface area (Å²) in [5.41, 5.74) is 2.43. The van der Waals surface area contributed by atoms with E-state index >= 15 is 0 Å². The van der Waals surface area contributed by atoms with Gasteiger partial charge in [0.25, 0.3) is 5.91 Å². The van der Waals surface area contributed by atoms with Crippen LogP contribution in [0.3, 0.4) is 0 Å². The molecule has 0 fully saturated rings. The molecule has 1 amide bonds. The second-order valence-corrected chi connectivity index (χ2v) is 4.96. The predicted molar refractivity (Wildman–Crippen MR) is 80.0 cm³/mol. The zero-order valence-corrected chi connectivity index (χ0v) is 12.3. The quantitative estimate of drug-likeness (QED) is 0.932. The topological polar surface area (TPSA) is 38.3 Å². The van der Waals surface area contributed by atoms with Crippen molar-refractivity contribution in [1.29, 1.82) is 0 Å². The lowest BCUT2D eigenvalue weighted by Gasteiger charge is -2.15. The number of hydrogen-bond acceptors (Lipinski definition) is 2. The van der Waals surface area contributed by atoms with E-state index in [0.29, 0.717) is 0 Å². The van der Waals surface area contributed by atoms with Crippen molar-refractivity contribution in [3.8, 4) is 5.75 Å². The van der Waals surface area contributed by atoms with E-state index in [-0.39, 0.29) is 23.3 Å². The minimum atomic E-state index is -0.548. The van der Waals surface area contributed by atoms with Crippen LogP contribution in [0.4, 0.5) is 4.39 Å². The molecule has 0 aliphatic heterocycles. The molecule has 0 saturated carbocycles. The first-order valence-corrected chi connectivity index (χ1v) is 6.72. The Hall–Kier alpha value is -2.36. The van der Waals surface area contributed by atoms with Gasteiger partial charge in [-0.25, -0.2) is 4.39 Å². The van der Waals surface area contributed by atoms with Crippen LogP contribution in [-0.2, 0) is 0 Å². The highest BCUT2D eigenvalue weighted by Crippen LogP contribution is 2.19. The number of methoxy groups -OCH3 is 1. The molecule has 0 heterocycles. The summed E-state index contributed by atoms with van der Waals surface area (Å²) >= 11 is 0. The highest BCUT2D eigenvalue weighted by atomic mass is 19.1. The second-order valence-electron chi connectivity index (χ2n) is 4.96. The minimum Gasteiger partial charge on any atom is -0.494 e. The van der Waals surface area contributed by atoms with Crippen LogP contribution in [0.25, 0.3) is 0 Å². The number of ether oxygens (including phenoxy) is 1. The highest BCUT2D eigenvalue weighted by Gasteiger charge is 2.13. The molecule has 0 aliphatic rings. The highest BCUT2D eigenvalue weighted by molar-refractivity contribution is 5.94. The molecular formula is C17H18FNO2. The molecule has 0 bridgehead atoms. The third-order valence-electron chi connectivity index (χ3n) is 3.34. The van der Waals surface area contributed by atoms with Gasteiger partial charge in [-0.1, -0.05) is 29.8 Å². The van der Waals surface area contributed by atoms with Crippen LogP contribution in [0.5, 0.6) is 5.75 Å². The fourth-order valence-electron chi connectivity index (χ4n) is 2.03. The Morgan fingerprint density at radius 1 is 1.19 bits per heavy atom. The Labute approximate surface area is 123 Å². The molecule has 0 aliphatic carbocycles. The Bertz CT molecular complexity index is 638. The number of carbonyl (C=O) groups excluding carboxylic acids is 1. The first kappa shape index (κ1) is 15.0. The Morgan fingerprint density at radius 2 is 1.86 bits per heavy atom. The number of aryl methyl sites for hydroxylation is 1. The maximum atomic E-state index is 13.6. The van der Waals surface area contributed by atoms with Crippen LogP contribution in [0.1, 0.15) is 34.5 Å². The van der Waals surface area contributed by atoms with E-state index in [1.807, 2.05) is 38.1 Å². The molecule has 2 aromatic rings. The van der Waals surface area contributed by atoms with Crippen LogP contribution in [0, 0.1) is 12.7 Å². The lowest BCUT2D eigenvalue weighted by molar-refractivity contribution is 0.0939. The molecule has 1 atom stereocenters. The summed E-state index contributed by atoms with van der Waals surface area (Å²) in [4.78, 5) is 12.1. The van der Waals surface area contributed by atoms with Gasteiger partial charge in [-0.05, 0) is 37.6 Å².